The van der Waals surface area contributed by atoms with E-state index in [1.807, 2.05) is 18.2 Å². The van der Waals surface area contributed by atoms with E-state index in [9.17, 15) is 4.79 Å². The Morgan fingerprint density at radius 3 is 2.79 bits per heavy atom. The molecular formula is C11H14O3. The van der Waals surface area contributed by atoms with Crippen LogP contribution in [0, 0.1) is 0 Å². The maximum atomic E-state index is 10.7. The Hall–Kier alpha value is -1.35. The highest BCUT2D eigenvalue weighted by atomic mass is 16.5. The van der Waals surface area contributed by atoms with E-state index in [2.05, 4.69) is 0 Å². The summed E-state index contributed by atoms with van der Waals surface area (Å²) in [6.45, 7) is 1.65. The number of carbonyl (C=O) groups excluding carboxylic acids is 1. The number of ketones is 1. The van der Waals surface area contributed by atoms with Gasteiger partial charge in [-0.25, -0.2) is 0 Å². The fourth-order valence-corrected chi connectivity index (χ4v) is 1.15. The van der Waals surface area contributed by atoms with Gasteiger partial charge in [0.2, 0.25) is 0 Å². The number of carbonyl (C=O) groups is 1. The Balaban J connectivity index is 2.68. The zero-order chi connectivity index (χ0) is 10.4. The van der Waals surface area contributed by atoms with Gasteiger partial charge in [0.15, 0.2) is 5.78 Å². The molecule has 0 fully saturated rings. The minimum absolute atomic E-state index is 0.0104. The van der Waals surface area contributed by atoms with Crippen molar-refractivity contribution in [1.29, 1.82) is 0 Å². The second-order valence-corrected chi connectivity index (χ2v) is 3.07. The highest BCUT2D eigenvalue weighted by Crippen LogP contribution is 2.17. The van der Waals surface area contributed by atoms with Crippen LogP contribution in [0.3, 0.4) is 0 Å². The SMILES string of the molecule is CC(=O)COc1ccccc1CCO. The van der Waals surface area contributed by atoms with Crippen molar-refractivity contribution in [2.24, 2.45) is 0 Å². The lowest BCUT2D eigenvalue weighted by atomic mass is 10.1. The molecule has 0 radical (unpaired) electrons. The third kappa shape index (κ3) is 3.18. The van der Waals surface area contributed by atoms with Crippen LogP contribution in [0.1, 0.15) is 12.5 Å². The van der Waals surface area contributed by atoms with Crippen molar-refractivity contribution in [3.05, 3.63) is 29.8 Å². The molecule has 0 atom stereocenters. The Labute approximate surface area is 83.3 Å². The fraction of sp³-hybridized carbons (Fsp3) is 0.364. The maximum Gasteiger partial charge on any atom is 0.167 e. The van der Waals surface area contributed by atoms with Gasteiger partial charge in [0.25, 0.3) is 0 Å². The molecule has 3 nitrogen and oxygen atoms in total. The second kappa shape index (κ2) is 5.40. The predicted molar refractivity (Wildman–Crippen MR) is 53.4 cm³/mol. The molecule has 0 aliphatic carbocycles. The van der Waals surface area contributed by atoms with Crippen molar-refractivity contribution in [1.82, 2.24) is 0 Å². The van der Waals surface area contributed by atoms with E-state index in [1.54, 1.807) is 6.07 Å². The summed E-state index contributed by atoms with van der Waals surface area (Å²) < 4.78 is 5.29. The third-order valence-electron chi connectivity index (χ3n) is 1.78. The molecule has 1 aromatic rings. The van der Waals surface area contributed by atoms with Crippen LogP contribution in [0.4, 0.5) is 0 Å². The molecule has 1 rings (SSSR count). The number of Topliss-reactive ketones (excluding diaryl/α,β-unsaturated/α-hetero) is 1. The smallest absolute Gasteiger partial charge is 0.167 e. The number of rotatable bonds is 5. The summed E-state index contributed by atoms with van der Waals surface area (Å²) in [7, 11) is 0. The second-order valence-electron chi connectivity index (χ2n) is 3.07. The molecule has 3 heteroatoms. The number of hydrogen-bond acceptors (Lipinski definition) is 3. The first-order valence-corrected chi connectivity index (χ1v) is 4.55. The van der Waals surface area contributed by atoms with Crippen molar-refractivity contribution >= 4 is 5.78 Å². The molecular weight excluding hydrogens is 180 g/mol. The van der Waals surface area contributed by atoms with Gasteiger partial charge in [0, 0.05) is 6.61 Å². The highest BCUT2D eigenvalue weighted by molar-refractivity contribution is 5.77. The van der Waals surface area contributed by atoms with E-state index in [4.69, 9.17) is 9.84 Å². The lowest BCUT2D eigenvalue weighted by Gasteiger charge is -2.08. The number of para-hydroxylation sites is 1. The highest BCUT2D eigenvalue weighted by Gasteiger charge is 2.02. The summed E-state index contributed by atoms with van der Waals surface area (Å²) in [4.78, 5) is 10.7. The lowest BCUT2D eigenvalue weighted by molar-refractivity contribution is -0.118. The molecule has 0 aliphatic heterocycles. The fourth-order valence-electron chi connectivity index (χ4n) is 1.15. The monoisotopic (exact) mass is 194 g/mol. The molecule has 0 spiro atoms. The van der Waals surface area contributed by atoms with Gasteiger partial charge in [0.05, 0.1) is 0 Å². The number of aliphatic hydroxyl groups is 1. The standard InChI is InChI=1S/C11H14O3/c1-9(13)8-14-11-5-3-2-4-10(11)6-7-12/h2-5,12H,6-8H2,1H3. The van der Waals surface area contributed by atoms with Crippen molar-refractivity contribution in [2.45, 2.75) is 13.3 Å². The molecule has 76 valence electrons. The largest absolute Gasteiger partial charge is 0.486 e. The quantitative estimate of drug-likeness (QED) is 0.765. The van der Waals surface area contributed by atoms with E-state index in [1.165, 1.54) is 6.92 Å². The minimum Gasteiger partial charge on any atom is -0.486 e. The van der Waals surface area contributed by atoms with Gasteiger partial charge in [-0.05, 0) is 25.0 Å². The van der Waals surface area contributed by atoms with Crippen LogP contribution in [0.2, 0.25) is 0 Å². The molecule has 1 aromatic carbocycles. The average Bonchev–Trinajstić information content (AvgIpc) is 2.17. The van der Waals surface area contributed by atoms with E-state index in [0.717, 1.165) is 5.56 Å². The van der Waals surface area contributed by atoms with Crippen LogP contribution in [-0.2, 0) is 11.2 Å². The Bertz CT molecular complexity index is 307. The van der Waals surface area contributed by atoms with Gasteiger partial charge in [-0.15, -0.1) is 0 Å². The van der Waals surface area contributed by atoms with E-state index in [0.29, 0.717) is 12.2 Å². The molecule has 1 N–H and O–H groups in total. The van der Waals surface area contributed by atoms with Crippen LogP contribution in [0.5, 0.6) is 5.75 Å². The summed E-state index contributed by atoms with van der Waals surface area (Å²) in [5.74, 6) is 0.667. The van der Waals surface area contributed by atoms with Crippen LogP contribution in [0.15, 0.2) is 24.3 Å². The molecule has 14 heavy (non-hydrogen) atoms. The predicted octanol–water partition coefficient (Wildman–Crippen LogP) is 1.19. The summed E-state index contributed by atoms with van der Waals surface area (Å²) in [6, 6.07) is 7.40. The van der Waals surface area contributed by atoms with E-state index in [-0.39, 0.29) is 19.0 Å². The summed E-state index contributed by atoms with van der Waals surface area (Å²) >= 11 is 0. The van der Waals surface area contributed by atoms with E-state index < -0.39 is 0 Å². The molecule has 0 amide bonds. The first-order valence-electron chi connectivity index (χ1n) is 4.55. The summed E-state index contributed by atoms with van der Waals surface area (Å²) in [5.41, 5.74) is 0.927. The topological polar surface area (TPSA) is 46.5 Å². The molecule has 0 saturated heterocycles. The van der Waals surface area contributed by atoms with Crippen LogP contribution in [0.25, 0.3) is 0 Å². The van der Waals surface area contributed by atoms with Crippen LogP contribution in [-0.4, -0.2) is 24.1 Å². The summed E-state index contributed by atoms with van der Waals surface area (Å²) in [5, 5.41) is 8.80. The third-order valence-corrected chi connectivity index (χ3v) is 1.78. The molecule has 0 bridgehead atoms. The minimum atomic E-state index is -0.0104. The molecule has 0 aliphatic rings. The Morgan fingerprint density at radius 2 is 2.14 bits per heavy atom. The Kier molecular flexibility index (Phi) is 4.13. The zero-order valence-corrected chi connectivity index (χ0v) is 8.19. The van der Waals surface area contributed by atoms with Gasteiger partial charge in [-0.3, -0.25) is 4.79 Å². The van der Waals surface area contributed by atoms with Crippen LogP contribution < -0.4 is 4.74 Å². The normalized spacial score (nSPS) is 9.86. The van der Waals surface area contributed by atoms with Crippen molar-refractivity contribution in [3.8, 4) is 5.75 Å². The van der Waals surface area contributed by atoms with Gasteiger partial charge in [-0.1, -0.05) is 18.2 Å². The van der Waals surface area contributed by atoms with Gasteiger partial charge >= 0.3 is 0 Å². The first kappa shape index (κ1) is 10.7. The molecule has 0 heterocycles. The number of ether oxygens (including phenoxy) is 1. The molecule has 0 unspecified atom stereocenters. The lowest BCUT2D eigenvalue weighted by Crippen LogP contribution is -2.08. The van der Waals surface area contributed by atoms with Gasteiger partial charge in [-0.2, -0.15) is 0 Å². The summed E-state index contributed by atoms with van der Waals surface area (Å²) in [6.07, 6.45) is 0.550. The van der Waals surface area contributed by atoms with Crippen molar-refractivity contribution in [2.75, 3.05) is 13.2 Å². The zero-order valence-electron chi connectivity index (χ0n) is 8.19. The number of benzene rings is 1. The van der Waals surface area contributed by atoms with Crippen LogP contribution >= 0.6 is 0 Å². The maximum absolute atomic E-state index is 10.7. The average molecular weight is 194 g/mol. The van der Waals surface area contributed by atoms with E-state index >= 15 is 0 Å². The molecule has 0 saturated carbocycles. The first-order chi connectivity index (χ1) is 6.74. The molecule has 0 aromatic heterocycles. The van der Waals surface area contributed by atoms with Crippen molar-refractivity contribution < 1.29 is 14.6 Å². The van der Waals surface area contributed by atoms with Gasteiger partial charge < -0.3 is 9.84 Å². The number of aliphatic hydroxyl groups excluding tert-OH is 1. The number of hydrogen-bond donors (Lipinski definition) is 1. The Morgan fingerprint density at radius 1 is 1.43 bits per heavy atom. The van der Waals surface area contributed by atoms with Gasteiger partial charge in [0.1, 0.15) is 12.4 Å². The van der Waals surface area contributed by atoms with Crippen molar-refractivity contribution in [3.63, 3.8) is 0 Å².